The third-order valence-corrected chi connectivity index (χ3v) is 5.79. The summed E-state index contributed by atoms with van der Waals surface area (Å²) in [6.07, 6.45) is 0.922. The van der Waals surface area contributed by atoms with E-state index in [1.807, 2.05) is 45.0 Å². The van der Waals surface area contributed by atoms with Crippen molar-refractivity contribution in [2.75, 3.05) is 0 Å². The molecule has 1 N–H and O–H groups in total. The number of fused-ring (bicyclic) bond motifs is 1. The Morgan fingerprint density at radius 1 is 1.31 bits per heavy atom. The number of benzene rings is 1. The first kappa shape index (κ1) is 18.3. The summed E-state index contributed by atoms with van der Waals surface area (Å²) in [4.78, 5) is 36.4. The lowest BCUT2D eigenvalue weighted by molar-refractivity contribution is 0.0690. The van der Waals surface area contributed by atoms with Gasteiger partial charge in [0.05, 0.1) is 22.3 Å². The Kier molecular flexibility index (Phi) is 5.23. The Balaban J connectivity index is 1.93. The number of H-pyrrole nitrogens is 1. The number of nitrogens with one attached hydrogen (secondary N) is 1. The van der Waals surface area contributed by atoms with Crippen molar-refractivity contribution in [2.45, 2.75) is 46.7 Å². The molecule has 26 heavy (non-hydrogen) atoms. The van der Waals surface area contributed by atoms with Gasteiger partial charge in [-0.1, -0.05) is 19.1 Å². The highest BCUT2D eigenvalue weighted by molar-refractivity contribution is 7.14. The van der Waals surface area contributed by atoms with Crippen LogP contribution in [-0.2, 0) is 13.0 Å². The van der Waals surface area contributed by atoms with E-state index in [0.29, 0.717) is 16.7 Å². The quantitative estimate of drug-likeness (QED) is 0.741. The van der Waals surface area contributed by atoms with Crippen LogP contribution in [0.15, 0.2) is 35.1 Å². The molecule has 3 rings (SSSR count). The molecule has 0 radical (unpaired) electrons. The largest absolute Gasteiger partial charge is 0.328 e. The van der Waals surface area contributed by atoms with Crippen LogP contribution in [-0.4, -0.2) is 26.8 Å². The normalized spacial score (nSPS) is 11.3. The molecule has 136 valence electrons. The number of amides is 1. The van der Waals surface area contributed by atoms with Gasteiger partial charge in [-0.05, 0) is 51.0 Å². The summed E-state index contributed by atoms with van der Waals surface area (Å²) in [6, 6.07) is 9.17. The van der Waals surface area contributed by atoms with Gasteiger partial charge >= 0.3 is 0 Å². The summed E-state index contributed by atoms with van der Waals surface area (Å²) in [7, 11) is 0. The average molecular weight is 369 g/mol. The zero-order valence-electron chi connectivity index (χ0n) is 15.5. The molecule has 0 atom stereocenters. The average Bonchev–Trinajstić information content (AvgIpc) is 3.00. The first-order chi connectivity index (χ1) is 12.4. The number of nitrogens with zero attached hydrogens (tertiary/aromatic N) is 2. The zero-order chi connectivity index (χ0) is 18.8. The van der Waals surface area contributed by atoms with E-state index in [0.717, 1.165) is 16.9 Å². The van der Waals surface area contributed by atoms with E-state index in [1.54, 1.807) is 22.3 Å². The molecule has 1 amide bonds. The predicted octanol–water partition coefficient (Wildman–Crippen LogP) is 3.91. The second kappa shape index (κ2) is 7.41. The van der Waals surface area contributed by atoms with Crippen molar-refractivity contribution in [1.29, 1.82) is 0 Å². The van der Waals surface area contributed by atoms with E-state index < -0.39 is 0 Å². The number of aromatic nitrogens is 2. The van der Waals surface area contributed by atoms with Crippen molar-refractivity contribution in [3.05, 3.63) is 61.8 Å². The van der Waals surface area contributed by atoms with Crippen molar-refractivity contribution in [1.82, 2.24) is 14.9 Å². The molecule has 0 saturated heterocycles. The van der Waals surface area contributed by atoms with Gasteiger partial charge in [-0.3, -0.25) is 9.59 Å². The molecular formula is C20H23N3O2S. The van der Waals surface area contributed by atoms with Gasteiger partial charge in [-0.25, -0.2) is 4.98 Å². The molecule has 0 bridgehead atoms. The second-order valence-corrected chi connectivity index (χ2v) is 7.76. The van der Waals surface area contributed by atoms with E-state index in [9.17, 15) is 9.59 Å². The van der Waals surface area contributed by atoms with Gasteiger partial charge in [-0.2, -0.15) is 0 Å². The van der Waals surface area contributed by atoms with Gasteiger partial charge in [0.15, 0.2) is 0 Å². The summed E-state index contributed by atoms with van der Waals surface area (Å²) in [5, 5.41) is 0.556. The van der Waals surface area contributed by atoms with Crippen molar-refractivity contribution in [2.24, 2.45) is 0 Å². The molecule has 0 fully saturated rings. The highest BCUT2D eigenvalue weighted by atomic mass is 32.1. The molecule has 3 aromatic rings. The highest BCUT2D eigenvalue weighted by Gasteiger charge is 2.22. The van der Waals surface area contributed by atoms with Crippen LogP contribution in [0.5, 0.6) is 0 Å². The van der Waals surface area contributed by atoms with Crippen LogP contribution in [0, 0.1) is 6.92 Å². The topological polar surface area (TPSA) is 66.1 Å². The number of hydrogen-bond acceptors (Lipinski definition) is 4. The van der Waals surface area contributed by atoms with Crippen molar-refractivity contribution < 1.29 is 4.79 Å². The zero-order valence-corrected chi connectivity index (χ0v) is 16.3. The lowest BCUT2D eigenvalue weighted by Gasteiger charge is -2.25. The van der Waals surface area contributed by atoms with Crippen LogP contribution in [0.4, 0.5) is 0 Å². The van der Waals surface area contributed by atoms with Crippen LogP contribution in [0.25, 0.3) is 10.9 Å². The Labute approximate surface area is 156 Å². The van der Waals surface area contributed by atoms with E-state index in [1.165, 1.54) is 4.88 Å². The molecule has 5 nitrogen and oxygen atoms in total. The van der Waals surface area contributed by atoms with Crippen molar-refractivity contribution >= 4 is 28.1 Å². The first-order valence-electron chi connectivity index (χ1n) is 8.79. The Morgan fingerprint density at radius 3 is 2.69 bits per heavy atom. The molecule has 2 aromatic heterocycles. The Hall–Kier alpha value is -2.47. The minimum atomic E-state index is -0.179. The lowest BCUT2D eigenvalue weighted by atomic mass is 10.2. The summed E-state index contributed by atoms with van der Waals surface area (Å²) in [6.45, 7) is 8.34. The fourth-order valence-electron chi connectivity index (χ4n) is 2.98. The van der Waals surface area contributed by atoms with Crippen molar-refractivity contribution in [3.63, 3.8) is 0 Å². The molecule has 0 aliphatic rings. The maximum atomic E-state index is 13.0. The first-order valence-corrected chi connectivity index (χ1v) is 9.60. The number of rotatable bonds is 5. The van der Waals surface area contributed by atoms with Crippen LogP contribution in [0.1, 0.15) is 46.7 Å². The second-order valence-electron chi connectivity index (χ2n) is 6.63. The molecule has 0 unspecified atom stereocenters. The molecule has 2 heterocycles. The van der Waals surface area contributed by atoms with Crippen LogP contribution >= 0.6 is 11.3 Å². The van der Waals surface area contributed by atoms with E-state index in [-0.39, 0.29) is 24.1 Å². The summed E-state index contributed by atoms with van der Waals surface area (Å²) in [5.74, 6) is 0.475. The van der Waals surface area contributed by atoms with Gasteiger partial charge in [0.2, 0.25) is 0 Å². The fraction of sp³-hybridized carbons (Fsp3) is 0.350. The van der Waals surface area contributed by atoms with Crippen LogP contribution in [0.3, 0.4) is 0 Å². The molecule has 0 saturated carbocycles. The van der Waals surface area contributed by atoms with Crippen LogP contribution < -0.4 is 5.56 Å². The molecule has 1 aromatic carbocycles. The van der Waals surface area contributed by atoms with E-state index in [2.05, 4.69) is 16.9 Å². The smallest absolute Gasteiger partial charge is 0.264 e. The Bertz CT molecular complexity index is 1000. The number of thiophene rings is 1. The number of aromatic amines is 1. The summed E-state index contributed by atoms with van der Waals surface area (Å²) < 4.78 is 0. The minimum absolute atomic E-state index is 0.00763. The molecule has 0 aliphatic heterocycles. The standard InChI is InChI=1S/C20H23N3O2S/c1-5-16-13(4)10-17(26-16)20(25)23(12(2)3)11-18-21-15-9-7-6-8-14(15)19(24)22-18/h6-10,12H,5,11H2,1-4H3,(H,21,22,24). The number of aryl methyl sites for hydroxylation is 2. The molecule has 0 aliphatic carbocycles. The van der Waals surface area contributed by atoms with Crippen LogP contribution in [0.2, 0.25) is 0 Å². The van der Waals surface area contributed by atoms with Gasteiger partial charge in [0, 0.05) is 10.9 Å². The SMILES string of the molecule is CCc1sc(C(=O)N(Cc2nc3ccccc3c(=O)[nH]2)C(C)C)cc1C. The van der Waals surface area contributed by atoms with E-state index >= 15 is 0 Å². The number of carbonyl (C=O) groups excluding carboxylic acids is 1. The van der Waals surface area contributed by atoms with Crippen molar-refractivity contribution in [3.8, 4) is 0 Å². The molecular weight excluding hydrogens is 346 g/mol. The summed E-state index contributed by atoms with van der Waals surface area (Å²) >= 11 is 1.55. The third kappa shape index (κ3) is 3.55. The molecule has 6 heteroatoms. The third-order valence-electron chi connectivity index (χ3n) is 4.42. The fourth-order valence-corrected chi connectivity index (χ4v) is 4.05. The minimum Gasteiger partial charge on any atom is -0.328 e. The highest BCUT2D eigenvalue weighted by Crippen LogP contribution is 2.25. The number of carbonyl (C=O) groups is 1. The maximum absolute atomic E-state index is 13.0. The predicted molar refractivity (Wildman–Crippen MR) is 106 cm³/mol. The van der Waals surface area contributed by atoms with Gasteiger partial charge in [-0.15, -0.1) is 11.3 Å². The molecule has 0 spiro atoms. The number of hydrogen-bond donors (Lipinski definition) is 1. The van der Waals surface area contributed by atoms with Gasteiger partial charge < -0.3 is 9.88 Å². The van der Waals surface area contributed by atoms with Gasteiger partial charge in [0.1, 0.15) is 5.82 Å². The van der Waals surface area contributed by atoms with E-state index in [4.69, 9.17) is 0 Å². The maximum Gasteiger partial charge on any atom is 0.264 e. The monoisotopic (exact) mass is 369 g/mol. The lowest BCUT2D eigenvalue weighted by Crippen LogP contribution is -2.37. The number of para-hydroxylation sites is 1. The summed E-state index contributed by atoms with van der Waals surface area (Å²) in [5.41, 5.74) is 1.62. The van der Waals surface area contributed by atoms with Gasteiger partial charge in [0.25, 0.3) is 11.5 Å². The Morgan fingerprint density at radius 2 is 2.04 bits per heavy atom.